The number of hydrogen-bond acceptors (Lipinski definition) is 7. The van der Waals surface area contributed by atoms with E-state index >= 15 is 0 Å². The average Bonchev–Trinajstić information content (AvgIpc) is 2.94. The summed E-state index contributed by atoms with van der Waals surface area (Å²) in [4.78, 5) is 13.3. The molecule has 0 aromatic heterocycles. The van der Waals surface area contributed by atoms with Crippen molar-refractivity contribution < 1.29 is 31.1 Å². The topological polar surface area (TPSA) is 122 Å². The second kappa shape index (κ2) is 11.7. The lowest BCUT2D eigenvalue weighted by molar-refractivity contribution is -0.114. The highest BCUT2D eigenvalue weighted by molar-refractivity contribution is 7.92. The Labute approximate surface area is 229 Å². The molecule has 0 saturated carbocycles. The Bertz CT molecular complexity index is 1550. The van der Waals surface area contributed by atoms with Crippen LogP contribution in [0, 0.1) is 13.8 Å². The predicted molar refractivity (Wildman–Crippen MR) is 148 cm³/mol. The van der Waals surface area contributed by atoms with Gasteiger partial charge in [-0.15, -0.1) is 0 Å². The van der Waals surface area contributed by atoms with E-state index in [-0.39, 0.29) is 34.3 Å². The van der Waals surface area contributed by atoms with Crippen molar-refractivity contribution >= 4 is 37.3 Å². The molecule has 10 nitrogen and oxygen atoms in total. The minimum absolute atomic E-state index is 0.0246. The van der Waals surface area contributed by atoms with Crippen LogP contribution in [-0.4, -0.2) is 67.0 Å². The molecule has 1 aliphatic rings. The quantitative estimate of drug-likeness (QED) is 0.417. The molecular weight excluding hydrogens is 542 g/mol. The summed E-state index contributed by atoms with van der Waals surface area (Å²) in [6.45, 7) is 4.25. The Balaban J connectivity index is 1.66. The van der Waals surface area contributed by atoms with E-state index in [1.54, 1.807) is 36.4 Å². The number of ether oxygens (including phenoxy) is 2. The molecule has 1 fully saturated rings. The molecule has 0 bridgehead atoms. The van der Waals surface area contributed by atoms with E-state index in [9.17, 15) is 21.6 Å². The van der Waals surface area contributed by atoms with E-state index in [1.165, 1.54) is 41.7 Å². The monoisotopic (exact) mass is 573 g/mol. The smallest absolute Gasteiger partial charge is 0.264 e. The Morgan fingerprint density at radius 3 is 2.26 bits per heavy atom. The maximum atomic E-state index is 13.6. The molecule has 1 N–H and O–H groups in total. The first-order valence-electron chi connectivity index (χ1n) is 12.2. The fourth-order valence-corrected chi connectivity index (χ4v) is 6.99. The molecule has 3 aromatic rings. The number of benzene rings is 3. The molecule has 3 aromatic carbocycles. The molecular formula is C27H31N3O7S2. The molecule has 39 heavy (non-hydrogen) atoms. The highest BCUT2D eigenvalue weighted by atomic mass is 32.2. The van der Waals surface area contributed by atoms with Gasteiger partial charge in [0.15, 0.2) is 0 Å². The van der Waals surface area contributed by atoms with Crippen LogP contribution in [0.2, 0.25) is 0 Å². The lowest BCUT2D eigenvalue weighted by Crippen LogP contribution is -2.40. The van der Waals surface area contributed by atoms with Gasteiger partial charge >= 0.3 is 0 Å². The van der Waals surface area contributed by atoms with Gasteiger partial charge in [0.25, 0.3) is 10.0 Å². The number of carbonyl (C=O) groups excluding carboxylic acids is 1. The normalized spacial score (nSPS) is 14.5. The Morgan fingerprint density at radius 1 is 0.923 bits per heavy atom. The van der Waals surface area contributed by atoms with Gasteiger partial charge in [-0.05, 0) is 67.4 Å². The van der Waals surface area contributed by atoms with Crippen LogP contribution in [0.25, 0.3) is 0 Å². The third-order valence-electron chi connectivity index (χ3n) is 6.45. The number of rotatable bonds is 9. The summed E-state index contributed by atoms with van der Waals surface area (Å²) in [5, 5.41) is 2.65. The largest absolute Gasteiger partial charge is 0.495 e. The van der Waals surface area contributed by atoms with Crippen molar-refractivity contribution in [3.05, 3.63) is 77.9 Å². The summed E-state index contributed by atoms with van der Waals surface area (Å²) < 4.78 is 66.5. The van der Waals surface area contributed by atoms with Gasteiger partial charge in [0.1, 0.15) is 12.3 Å². The number of methoxy groups -OCH3 is 1. The zero-order valence-electron chi connectivity index (χ0n) is 22.0. The third-order valence-corrected chi connectivity index (χ3v) is 10.1. The predicted octanol–water partition coefficient (Wildman–Crippen LogP) is 3.17. The van der Waals surface area contributed by atoms with Crippen molar-refractivity contribution in [3.63, 3.8) is 0 Å². The van der Waals surface area contributed by atoms with Crippen molar-refractivity contribution in [2.75, 3.05) is 49.6 Å². The van der Waals surface area contributed by atoms with Gasteiger partial charge < -0.3 is 14.8 Å². The zero-order chi connectivity index (χ0) is 28.2. The molecule has 0 spiro atoms. The van der Waals surface area contributed by atoms with E-state index in [2.05, 4.69) is 5.32 Å². The van der Waals surface area contributed by atoms with Crippen LogP contribution >= 0.6 is 0 Å². The summed E-state index contributed by atoms with van der Waals surface area (Å²) in [5.41, 5.74) is 2.27. The van der Waals surface area contributed by atoms with Gasteiger partial charge in [-0.1, -0.05) is 24.3 Å². The number of nitrogens with zero attached hydrogens (tertiary/aromatic N) is 2. The molecule has 1 saturated heterocycles. The summed E-state index contributed by atoms with van der Waals surface area (Å²) in [5.74, 6) is -0.445. The standard InChI is InChI=1S/C27H31N3O7S2/c1-20-9-10-22(17-21(20)2)30(39(34,35)23-7-5-4-6-8-23)19-27(31)28-25-18-24(11-12-26(25)36-3)38(32,33)29-13-15-37-16-14-29/h4-12,17-18H,13-16,19H2,1-3H3,(H,28,31). The molecule has 0 aliphatic carbocycles. The molecule has 1 amide bonds. The number of hydrogen-bond donors (Lipinski definition) is 1. The summed E-state index contributed by atoms with van der Waals surface area (Å²) >= 11 is 0. The highest BCUT2D eigenvalue weighted by Gasteiger charge is 2.29. The minimum Gasteiger partial charge on any atom is -0.495 e. The lowest BCUT2D eigenvalue weighted by atomic mass is 10.1. The summed E-state index contributed by atoms with van der Waals surface area (Å²) in [6, 6.07) is 17.2. The number of carbonyl (C=O) groups is 1. The first-order chi connectivity index (χ1) is 18.5. The highest BCUT2D eigenvalue weighted by Crippen LogP contribution is 2.30. The van der Waals surface area contributed by atoms with E-state index in [4.69, 9.17) is 9.47 Å². The van der Waals surface area contributed by atoms with Gasteiger partial charge in [0, 0.05) is 13.1 Å². The van der Waals surface area contributed by atoms with Crippen LogP contribution in [0.4, 0.5) is 11.4 Å². The second-order valence-electron chi connectivity index (χ2n) is 9.02. The van der Waals surface area contributed by atoms with Crippen molar-refractivity contribution in [1.82, 2.24) is 4.31 Å². The van der Waals surface area contributed by atoms with E-state index in [1.807, 2.05) is 13.8 Å². The number of morpholine rings is 1. The van der Waals surface area contributed by atoms with Crippen LogP contribution in [-0.2, 0) is 29.6 Å². The van der Waals surface area contributed by atoms with Gasteiger partial charge in [-0.25, -0.2) is 16.8 Å². The summed E-state index contributed by atoms with van der Waals surface area (Å²) in [6.07, 6.45) is 0. The molecule has 208 valence electrons. The van der Waals surface area contributed by atoms with Crippen LogP contribution in [0.15, 0.2) is 76.5 Å². The second-order valence-corrected chi connectivity index (χ2v) is 12.8. The van der Waals surface area contributed by atoms with Gasteiger partial charge in [0.05, 0.1) is 41.5 Å². The van der Waals surface area contributed by atoms with Crippen LogP contribution < -0.4 is 14.4 Å². The fraction of sp³-hybridized carbons (Fsp3) is 0.296. The Kier molecular flexibility index (Phi) is 8.60. The van der Waals surface area contributed by atoms with Crippen LogP contribution in [0.5, 0.6) is 5.75 Å². The van der Waals surface area contributed by atoms with Crippen molar-refractivity contribution in [1.29, 1.82) is 0 Å². The molecule has 4 rings (SSSR count). The molecule has 1 heterocycles. The number of amides is 1. The first-order valence-corrected chi connectivity index (χ1v) is 15.1. The Hall–Kier alpha value is -3.45. The molecule has 12 heteroatoms. The zero-order valence-corrected chi connectivity index (χ0v) is 23.6. The van der Waals surface area contributed by atoms with Gasteiger partial charge in [0.2, 0.25) is 15.9 Å². The van der Waals surface area contributed by atoms with Crippen molar-refractivity contribution in [2.45, 2.75) is 23.6 Å². The van der Waals surface area contributed by atoms with Crippen LogP contribution in [0.1, 0.15) is 11.1 Å². The number of nitrogens with one attached hydrogen (secondary N) is 1. The Morgan fingerprint density at radius 2 is 1.62 bits per heavy atom. The number of aryl methyl sites for hydroxylation is 2. The maximum absolute atomic E-state index is 13.6. The number of anilines is 2. The molecule has 0 radical (unpaired) electrons. The molecule has 1 aliphatic heterocycles. The lowest BCUT2D eigenvalue weighted by Gasteiger charge is -2.26. The van der Waals surface area contributed by atoms with Crippen molar-refractivity contribution in [3.8, 4) is 5.75 Å². The molecule has 0 atom stereocenters. The van der Waals surface area contributed by atoms with Crippen molar-refractivity contribution in [2.24, 2.45) is 0 Å². The first kappa shape index (κ1) is 28.6. The fourth-order valence-electron chi connectivity index (χ4n) is 4.12. The minimum atomic E-state index is -4.11. The third kappa shape index (κ3) is 6.25. The molecule has 0 unspecified atom stereocenters. The SMILES string of the molecule is COc1ccc(S(=O)(=O)N2CCOCC2)cc1NC(=O)CN(c1ccc(C)c(C)c1)S(=O)(=O)c1ccccc1. The van der Waals surface area contributed by atoms with Gasteiger partial charge in [-0.2, -0.15) is 4.31 Å². The van der Waals surface area contributed by atoms with E-state index < -0.39 is 32.5 Å². The van der Waals surface area contributed by atoms with E-state index in [0.717, 1.165) is 15.4 Å². The van der Waals surface area contributed by atoms with Crippen LogP contribution in [0.3, 0.4) is 0 Å². The average molecular weight is 574 g/mol. The van der Waals surface area contributed by atoms with Gasteiger partial charge in [-0.3, -0.25) is 9.10 Å². The number of sulfonamides is 2. The summed E-state index contributed by atoms with van der Waals surface area (Å²) in [7, 11) is -6.55. The van der Waals surface area contributed by atoms with E-state index in [0.29, 0.717) is 18.9 Å². The maximum Gasteiger partial charge on any atom is 0.264 e.